The molecule has 0 spiro atoms. The Kier molecular flexibility index (Phi) is 5.72. The van der Waals surface area contributed by atoms with Crippen LogP contribution in [0.25, 0.3) is 5.78 Å². The van der Waals surface area contributed by atoms with E-state index in [9.17, 15) is 9.18 Å². The minimum atomic E-state index is -0.291. The zero-order valence-electron chi connectivity index (χ0n) is 20.7. The smallest absolute Gasteiger partial charge is 0.345 e. The number of ether oxygens (including phenoxy) is 1. The van der Waals surface area contributed by atoms with Crippen LogP contribution < -0.4 is 26.2 Å². The SMILES string of the molecule is COc1ccc(N2CCN(CCn3c(=O)n(C)n4c5c(nc34)N(N)CN=C5c3ccco3)CC2)c(F)c1. The second kappa shape index (κ2) is 9.09. The Balaban J connectivity index is 1.21. The molecule has 3 aromatic heterocycles. The van der Waals surface area contributed by atoms with Gasteiger partial charge in [0.15, 0.2) is 11.6 Å². The van der Waals surface area contributed by atoms with Crippen LogP contribution in [-0.4, -0.2) is 75.9 Å². The molecule has 2 aliphatic rings. The van der Waals surface area contributed by atoms with Crippen molar-refractivity contribution in [3.8, 4) is 5.75 Å². The number of nitrogens with two attached hydrogens (primary N) is 1. The lowest BCUT2D eigenvalue weighted by atomic mass is 10.2. The van der Waals surface area contributed by atoms with Crippen LogP contribution in [0.5, 0.6) is 5.75 Å². The summed E-state index contributed by atoms with van der Waals surface area (Å²) < 4.78 is 30.1. The largest absolute Gasteiger partial charge is 0.497 e. The Hall–Kier alpha value is -4.10. The van der Waals surface area contributed by atoms with Crippen LogP contribution >= 0.6 is 0 Å². The molecule has 194 valence electrons. The average molecular weight is 510 g/mol. The predicted octanol–water partition coefficient (Wildman–Crippen LogP) is 0.886. The molecular weight excluding hydrogens is 481 g/mol. The number of imidazole rings is 1. The summed E-state index contributed by atoms with van der Waals surface area (Å²) in [5, 5.41) is 1.46. The summed E-state index contributed by atoms with van der Waals surface area (Å²) in [6.45, 7) is 4.21. The van der Waals surface area contributed by atoms with E-state index in [1.807, 2.05) is 11.0 Å². The van der Waals surface area contributed by atoms with Gasteiger partial charge in [-0.15, -0.1) is 0 Å². The normalized spacial score (nSPS) is 16.4. The van der Waals surface area contributed by atoms with Crippen molar-refractivity contribution in [3.63, 3.8) is 0 Å². The van der Waals surface area contributed by atoms with Crippen LogP contribution in [0.3, 0.4) is 0 Å². The molecule has 5 heterocycles. The zero-order valence-corrected chi connectivity index (χ0v) is 20.7. The maximum absolute atomic E-state index is 14.5. The van der Waals surface area contributed by atoms with Crippen molar-refractivity contribution >= 4 is 23.0 Å². The highest BCUT2D eigenvalue weighted by molar-refractivity contribution is 6.14. The molecule has 0 unspecified atom stereocenters. The summed E-state index contributed by atoms with van der Waals surface area (Å²) >= 11 is 0. The maximum atomic E-state index is 14.5. The van der Waals surface area contributed by atoms with Gasteiger partial charge in [0, 0.05) is 52.4 Å². The van der Waals surface area contributed by atoms with Crippen molar-refractivity contribution in [3.05, 3.63) is 64.4 Å². The molecule has 12 nitrogen and oxygen atoms in total. The molecule has 0 saturated carbocycles. The number of halogens is 1. The van der Waals surface area contributed by atoms with Gasteiger partial charge in [-0.3, -0.25) is 19.5 Å². The van der Waals surface area contributed by atoms with Crippen LogP contribution in [0, 0.1) is 5.82 Å². The lowest BCUT2D eigenvalue weighted by Crippen LogP contribution is -2.47. The fourth-order valence-corrected chi connectivity index (χ4v) is 5.02. The highest BCUT2D eigenvalue weighted by atomic mass is 19.1. The standard InChI is InChI=1S/C24H28FN9O3/c1-29-24(35)32(12-9-30-7-10-31(11-8-30)18-6-5-16(36-2)14-17(18)25)23-28-22-21(34(23)29)20(27-15-33(22)26)19-4-3-13-37-19/h3-6,13-14H,7-12,15,26H2,1-2H3. The van der Waals surface area contributed by atoms with Gasteiger partial charge in [0.05, 0.1) is 19.1 Å². The first-order chi connectivity index (χ1) is 18.0. The zero-order chi connectivity index (χ0) is 25.7. The lowest BCUT2D eigenvalue weighted by Gasteiger charge is -2.36. The van der Waals surface area contributed by atoms with Gasteiger partial charge < -0.3 is 14.1 Å². The van der Waals surface area contributed by atoms with Crippen LogP contribution in [0.15, 0.2) is 50.8 Å². The molecular formula is C24H28FN9O3. The van der Waals surface area contributed by atoms with E-state index in [2.05, 4.69) is 9.89 Å². The number of methoxy groups -OCH3 is 1. The summed E-state index contributed by atoms with van der Waals surface area (Å²) in [6.07, 6.45) is 1.58. The Labute approximate surface area is 211 Å². The summed E-state index contributed by atoms with van der Waals surface area (Å²) in [5.41, 5.74) is 1.61. The number of anilines is 2. The number of furan rings is 1. The van der Waals surface area contributed by atoms with E-state index in [1.54, 1.807) is 40.6 Å². The van der Waals surface area contributed by atoms with E-state index in [0.717, 1.165) is 13.1 Å². The van der Waals surface area contributed by atoms with Gasteiger partial charge in [0.1, 0.15) is 29.6 Å². The monoisotopic (exact) mass is 509 g/mol. The third kappa shape index (κ3) is 3.86. The van der Waals surface area contributed by atoms with Crippen molar-refractivity contribution < 1.29 is 13.5 Å². The predicted molar refractivity (Wildman–Crippen MR) is 136 cm³/mol. The number of hydrogen-bond donors (Lipinski definition) is 1. The van der Waals surface area contributed by atoms with Crippen molar-refractivity contribution in [2.75, 3.05) is 56.4 Å². The minimum absolute atomic E-state index is 0.183. The molecule has 4 aromatic rings. The number of benzene rings is 1. The molecule has 1 saturated heterocycles. The van der Waals surface area contributed by atoms with Gasteiger partial charge in [0.25, 0.3) is 0 Å². The first-order valence-electron chi connectivity index (χ1n) is 12.1. The number of aryl methyl sites for hydroxylation is 1. The number of aliphatic imine (C=N–C) groups is 1. The molecule has 0 radical (unpaired) electrons. The number of hydrazine groups is 1. The maximum Gasteiger partial charge on any atom is 0.345 e. The number of aromatic nitrogens is 4. The van der Waals surface area contributed by atoms with E-state index in [0.29, 0.717) is 66.4 Å². The molecule has 0 aliphatic carbocycles. The first kappa shape index (κ1) is 23.3. The van der Waals surface area contributed by atoms with E-state index in [4.69, 9.17) is 20.0 Å². The van der Waals surface area contributed by atoms with Gasteiger partial charge >= 0.3 is 5.69 Å². The quantitative estimate of drug-likeness (QED) is 0.381. The van der Waals surface area contributed by atoms with Crippen LogP contribution in [0.1, 0.15) is 11.5 Å². The summed E-state index contributed by atoms with van der Waals surface area (Å²) in [5.74, 6) is 8.00. The van der Waals surface area contributed by atoms with E-state index >= 15 is 0 Å². The molecule has 0 bridgehead atoms. The van der Waals surface area contributed by atoms with Crippen LogP contribution in [0.2, 0.25) is 0 Å². The molecule has 6 rings (SSSR count). The highest BCUT2D eigenvalue weighted by Crippen LogP contribution is 2.27. The second-order valence-electron chi connectivity index (χ2n) is 9.09. The first-order valence-corrected chi connectivity index (χ1v) is 12.1. The third-order valence-electron chi connectivity index (χ3n) is 7.01. The van der Waals surface area contributed by atoms with Gasteiger partial charge in [-0.2, -0.15) is 4.98 Å². The fraction of sp³-hybridized carbons (Fsp3) is 0.375. The number of piperazine rings is 1. The van der Waals surface area contributed by atoms with E-state index < -0.39 is 0 Å². The van der Waals surface area contributed by atoms with Crippen molar-refractivity contribution in [2.24, 2.45) is 17.9 Å². The van der Waals surface area contributed by atoms with Gasteiger partial charge in [-0.05, 0) is 24.3 Å². The number of rotatable bonds is 6. The van der Waals surface area contributed by atoms with E-state index in [1.165, 1.54) is 22.9 Å². The highest BCUT2D eigenvalue weighted by Gasteiger charge is 2.31. The van der Waals surface area contributed by atoms with Crippen molar-refractivity contribution in [1.82, 2.24) is 23.6 Å². The van der Waals surface area contributed by atoms with Gasteiger partial charge in [0.2, 0.25) is 5.78 Å². The molecule has 0 atom stereocenters. The van der Waals surface area contributed by atoms with Crippen LogP contribution in [-0.2, 0) is 13.6 Å². The Morgan fingerprint density at radius 2 is 1.97 bits per heavy atom. The molecule has 37 heavy (non-hydrogen) atoms. The summed E-state index contributed by atoms with van der Waals surface area (Å²) in [4.78, 5) is 26.8. The lowest BCUT2D eigenvalue weighted by molar-refractivity contribution is 0.247. The Morgan fingerprint density at radius 3 is 2.68 bits per heavy atom. The molecule has 2 N–H and O–H groups in total. The van der Waals surface area contributed by atoms with Gasteiger partial charge in [-0.25, -0.2) is 24.2 Å². The average Bonchev–Trinajstić information content (AvgIpc) is 3.63. The molecule has 0 amide bonds. The molecule has 2 aliphatic heterocycles. The summed E-state index contributed by atoms with van der Waals surface area (Å²) in [6, 6.07) is 8.54. The topological polar surface area (TPSA) is 115 Å². The van der Waals surface area contributed by atoms with Gasteiger partial charge in [-0.1, -0.05) is 0 Å². The van der Waals surface area contributed by atoms with Crippen molar-refractivity contribution in [2.45, 2.75) is 6.54 Å². The number of fused-ring (bicyclic) bond motifs is 3. The van der Waals surface area contributed by atoms with E-state index in [-0.39, 0.29) is 18.2 Å². The number of hydrogen-bond acceptors (Lipinski definition) is 9. The summed E-state index contributed by atoms with van der Waals surface area (Å²) in [7, 11) is 3.22. The second-order valence-corrected chi connectivity index (χ2v) is 9.09. The third-order valence-corrected chi connectivity index (χ3v) is 7.01. The molecule has 1 fully saturated rings. The van der Waals surface area contributed by atoms with Crippen molar-refractivity contribution in [1.29, 1.82) is 0 Å². The fourth-order valence-electron chi connectivity index (χ4n) is 5.02. The molecule has 1 aromatic carbocycles. The Bertz CT molecular complexity index is 1530. The minimum Gasteiger partial charge on any atom is -0.497 e. The number of nitrogens with zero attached hydrogens (tertiary/aromatic N) is 8. The Morgan fingerprint density at radius 1 is 1.16 bits per heavy atom. The van der Waals surface area contributed by atoms with Crippen LogP contribution in [0.4, 0.5) is 15.9 Å². The molecule has 13 heteroatoms.